The predicted octanol–water partition coefficient (Wildman–Crippen LogP) is 3.56. The fraction of sp³-hybridized carbons (Fsp3) is 0.167. The molecule has 0 saturated carbocycles. The van der Waals surface area contributed by atoms with Crippen LogP contribution in [0.15, 0.2) is 29.2 Å². The summed E-state index contributed by atoms with van der Waals surface area (Å²) in [6, 6.07) is 7.35. The second kappa shape index (κ2) is 5.21. The molecule has 1 amide bonds. The van der Waals surface area contributed by atoms with E-state index in [1.54, 1.807) is 17.0 Å². The summed E-state index contributed by atoms with van der Waals surface area (Å²) in [5.74, 6) is -0.0163. The second-order valence-corrected chi connectivity index (χ2v) is 5.59. The molecule has 2 nitrogen and oxygen atoms in total. The molecule has 1 aromatic carbocycles. The number of amides is 1. The number of halogens is 1. The smallest absolute Gasteiger partial charge is 0.266 e. The number of thiocarbonyl (C=S) groups is 1. The maximum atomic E-state index is 11.9. The number of rotatable bonds is 2. The van der Waals surface area contributed by atoms with Crippen LogP contribution in [0, 0.1) is 0 Å². The van der Waals surface area contributed by atoms with Gasteiger partial charge >= 0.3 is 0 Å². The first-order chi connectivity index (χ1) is 8.11. The van der Waals surface area contributed by atoms with Crippen molar-refractivity contribution in [1.29, 1.82) is 0 Å². The van der Waals surface area contributed by atoms with Gasteiger partial charge in [0.05, 0.1) is 4.91 Å². The Morgan fingerprint density at radius 2 is 2.06 bits per heavy atom. The zero-order valence-electron chi connectivity index (χ0n) is 9.14. The molecule has 0 aromatic heterocycles. The van der Waals surface area contributed by atoms with E-state index in [1.165, 1.54) is 11.8 Å². The lowest BCUT2D eigenvalue weighted by Crippen LogP contribution is -2.27. The van der Waals surface area contributed by atoms with Crippen molar-refractivity contribution in [2.45, 2.75) is 6.92 Å². The predicted molar refractivity (Wildman–Crippen MR) is 77.0 cm³/mol. The Morgan fingerprint density at radius 1 is 1.41 bits per heavy atom. The Labute approximate surface area is 115 Å². The van der Waals surface area contributed by atoms with E-state index < -0.39 is 0 Å². The van der Waals surface area contributed by atoms with Crippen molar-refractivity contribution in [3.05, 3.63) is 39.8 Å². The molecule has 88 valence electrons. The summed E-state index contributed by atoms with van der Waals surface area (Å²) in [7, 11) is 0. The van der Waals surface area contributed by atoms with Crippen molar-refractivity contribution in [2.24, 2.45) is 0 Å². The highest BCUT2D eigenvalue weighted by molar-refractivity contribution is 8.26. The number of thioether (sulfide) groups is 1. The number of likely N-dealkylation sites (N-methyl/N-ethyl adjacent to an activating group) is 1. The third-order valence-electron chi connectivity index (χ3n) is 2.36. The van der Waals surface area contributed by atoms with Crippen LogP contribution in [0.1, 0.15) is 12.5 Å². The number of nitrogens with zero attached hydrogens (tertiary/aromatic N) is 1. The van der Waals surface area contributed by atoms with E-state index in [1.807, 2.05) is 25.1 Å². The molecule has 0 aliphatic carbocycles. The van der Waals surface area contributed by atoms with Gasteiger partial charge in [-0.1, -0.05) is 47.7 Å². The molecule has 0 atom stereocenters. The highest BCUT2D eigenvalue weighted by atomic mass is 35.5. The van der Waals surface area contributed by atoms with Crippen LogP contribution in [-0.4, -0.2) is 21.7 Å². The van der Waals surface area contributed by atoms with Crippen molar-refractivity contribution in [2.75, 3.05) is 6.54 Å². The Bertz CT molecular complexity index is 496. The lowest BCUT2D eigenvalue weighted by molar-refractivity contribution is -0.121. The Morgan fingerprint density at radius 3 is 2.59 bits per heavy atom. The van der Waals surface area contributed by atoms with E-state index in [-0.39, 0.29) is 5.91 Å². The van der Waals surface area contributed by atoms with E-state index in [2.05, 4.69) is 0 Å². The van der Waals surface area contributed by atoms with Crippen molar-refractivity contribution >= 4 is 51.9 Å². The summed E-state index contributed by atoms with van der Waals surface area (Å²) in [5, 5.41) is 0.684. The molecule has 1 saturated heterocycles. The van der Waals surface area contributed by atoms with Gasteiger partial charge in [-0.3, -0.25) is 9.69 Å². The molecule has 0 N–H and O–H groups in total. The van der Waals surface area contributed by atoms with E-state index in [4.69, 9.17) is 23.8 Å². The first-order valence-electron chi connectivity index (χ1n) is 5.12. The second-order valence-electron chi connectivity index (χ2n) is 3.48. The average molecular weight is 284 g/mol. The monoisotopic (exact) mass is 283 g/mol. The third-order valence-corrected chi connectivity index (χ3v) is 3.99. The molecule has 1 aromatic rings. The number of hydrogen-bond acceptors (Lipinski definition) is 3. The third kappa shape index (κ3) is 2.70. The van der Waals surface area contributed by atoms with Gasteiger partial charge < -0.3 is 0 Å². The molecule has 1 aliphatic heterocycles. The van der Waals surface area contributed by atoms with Crippen LogP contribution >= 0.6 is 35.6 Å². The first-order valence-corrected chi connectivity index (χ1v) is 6.73. The summed E-state index contributed by atoms with van der Waals surface area (Å²) in [5.41, 5.74) is 0.950. The number of benzene rings is 1. The largest absolute Gasteiger partial charge is 0.293 e. The van der Waals surface area contributed by atoms with Gasteiger partial charge in [-0.25, -0.2) is 0 Å². The lowest BCUT2D eigenvalue weighted by Gasteiger charge is -2.09. The summed E-state index contributed by atoms with van der Waals surface area (Å²) in [6.07, 6.45) is 1.84. The van der Waals surface area contributed by atoms with E-state index in [0.29, 0.717) is 20.8 Å². The first kappa shape index (κ1) is 12.6. The van der Waals surface area contributed by atoms with Crippen LogP contribution in [0.3, 0.4) is 0 Å². The summed E-state index contributed by atoms with van der Waals surface area (Å²) in [6.45, 7) is 2.53. The lowest BCUT2D eigenvalue weighted by atomic mass is 10.2. The molecule has 0 unspecified atom stereocenters. The standard InChI is InChI=1S/C12H10ClNOS2/c1-2-14-11(15)10(17-12(14)16)7-8-3-5-9(13)6-4-8/h3-7H,2H2,1H3/b10-7-. The molecule has 2 rings (SSSR count). The number of carbonyl (C=O) groups excluding carboxylic acids is 1. The molecule has 0 spiro atoms. The van der Waals surface area contributed by atoms with Gasteiger partial charge in [0.2, 0.25) is 0 Å². The van der Waals surface area contributed by atoms with Crippen LogP contribution in [0.2, 0.25) is 5.02 Å². The Balaban J connectivity index is 2.27. The number of carbonyl (C=O) groups is 1. The highest BCUT2D eigenvalue weighted by Crippen LogP contribution is 2.32. The van der Waals surface area contributed by atoms with Gasteiger partial charge in [-0.15, -0.1) is 0 Å². The zero-order chi connectivity index (χ0) is 12.4. The summed E-state index contributed by atoms with van der Waals surface area (Å²) >= 11 is 12.3. The molecule has 0 bridgehead atoms. The van der Waals surface area contributed by atoms with Gasteiger partial charge in [0.15, 0.2) is 0 Å². The van der Waals surface area contributed by atoms with Gasteiger partial charge in [0.25, 0.3) is 5.91 Å². The minimum absolute atomic E-state index is 0.0163. The van der Waals surface area contributed by atoms with Crippen molar-refractivity contribution in [1.82, 2.24) is 4.90 Å². The summed E-state index contributed by atoms with van der Waals surface area (Å²) in [4.78, 5) is 14.2. The maximum Gasteiger partial charge on any atom is 0.266 e. The topological polar surface area (TPSA) is 20.3 Å². The van der Waals surface area contributed by atoms with Gasteiger partial charge in [-0.2, -0.15) is 0 Å². The highest BCUT2D eigenvalue weighted by Gasteiger charge is 2.30. The van der Waals surface area contributed by atoms with Crippen LogP contribution < -0.4 is 0 Å². The molecular weight excluding hydrogens is 274 g/mol. The molecule has 1 heterocycles. The van der Waals surface area contributed by atoms with Crippen molar-refractivity contribution in [3.8, 4) is 0 Å². The van der Waals surface area contributed by atoms with Gasteiger partial charge in [0.1, 0.15) is 4.32 Å². The summed E-state index contributed by atoms with van der Waals surface area (Å²) < 4.78 is 0.623. The molecule has 0 radical (unpaired) electrons. The molecular formula is C12H10ClNOS2. The van der Waals surface area contributed by atoms with Crippen molar-refractivity contribution < 1.29 is 4.79 Å². The molecule has 5 heteroatoms. The fourth-order valence-electron chi connectivity index (χ4n) is 1.48. The van der Waals surface area contributed by atoms with Crippen LogP contribution in [0.5, 0.6) is 0 Å². The van der Waals surface area contributed by atoms with Crippen LogP contribution in [0.25, 0.3) is 6.08 Å². The molecule has 1 fully saturated rings. The molecule has 17 heavy (non-hydrogen) atoms. The zero-order valence-corrected chi connectivity index (χ0v) is 11.5. The molecule has 1 aliphatic rings. The van der Waals surface area contributed by atoms with Crippen LogP contribution in [-0.2, 0) is 4.79 Å². The SMILES string of the molecule is CCN1C(=O)/C(=C/c2ccc(Cl)cc2)SC1=S. The van der Waals surface area contributed by atoms with E-state index >= 15 is 0 Å². The maximum absolute atomic E-state index is 11.9. The van der Waals surface area contributed by atoms with Crippen LogP contribution in [0.4, 0.5) is 0 Å². The fourth-order valence-corrected chi connectivity index (χ4v) is 2.99. The van der Waals surface area contributed by atoms with Gasteiger partial charge in [-0.05, 0) is 30.7 Å². The minimum atomic E-state index is -0.0163. The Hall–Kier alpha value is -0.840. The normalized spacial score (nSPS) is 18.2. The van der Waals surface area contributed by atoms with Gasteiger partial charge in [0, 0.05) is 11.6 Å². The minimum Gasteiger partial charge on any atom is -0.293 e. The average Bonchev–Trinajstić information content (AvgIpc) is 2.57. The quantitative estimate of drug-likeness (QED) is 0.611. The Kier molecular flexibility index (Phi) is 3.86. The number of hydrogen-bond donors (Lipinski definition) is 0. The van der Waals surface area contributed by atoms with E-state index in [0.717, 1.165) is 5.56 Å². The van der Waals surface area contributed by atoms with Crippen molar-refractivity contribution in [3.63, 3.8) is 0 Å². The van der Waals surface area contributed by atoms with E-state index in [9.17, 15) is 4.79 Å².